The number of halogens is 2. The lowest BCUT2D eigenvalue weighted by Gasteiger charge is -2.29. The minimum absolute atomic E-state index is 0. The molecule has 16 heavy (non-hydrogen) atoms. The lowest BCUT2D eigenvalue weighted by atomic mass is 10.3. The molecule has 0 amide bonds. The van der Waals surface area contributed by atoms with Gasteiger partial charge in [0.2, 0.25) is 0 Å². The maximum atomic E-state index is 5.78. The second-order valence-electron chi connectivity index (χ2n) is 4.89. The van der Waals surface area contributed by atoms with Crippen LogP contribution in [0.15, 0.2) is 0 Å². The number of hydrogen-bond acceptors (Lipinski definition) is 0. The summed E-state index contributed by atoms with van der Waals surface area (Å²) in [6.07, 6.45) is 4.07. The molecule has 0 N–H and O–H groups in total. The summed E-state index contributed by atoms with van der Waals surface area (Å²) >= 11 is 5.78. The molecule has 0 saturated heterocycles. The summed E-state index contributed by atoms with van der Waals surface area (Å²) in [6.45, 7) is 7.00. The smallest absolute Gasteiger partial charge is 0.0920 e. The molecule has 0 rings (SSSR count). The molecule has 0 aliphatic heterocycles. The molecule has 0 fully saturated rings. The van der Waals surface area contributed by atoms with E-state index >= 15 is 0 Å². The molecule has 0 atom stereocenters. The minimum atomic E-state index is 0. The van der Waals surface area contributed by atoms with Gasteiger partial charge in [-0.15, -0.1) is 11.6 Å². The molecule has 0 heterocycles. The fourth-order valence-corrected chi connectivity index (χ4v) is 3.54. The molecule has 98 valence electrons. The van der Waals surface area contributed by atoms with E-state index in [1.54, 1.807) is 0 Å². The third kappa shape index (κ3) is 10.4. The molecule has 0 aliphatic carbocycles. The van der Waals surface area contributed by atoms with E-state index < -0.39 is 0 Å². The molecule has 1 nitrogen and oxygen atoms in total. The number of nitrogens with zero attached hydrogens (tertiary/aromatic N) is 1. The fourth-order valence-electron chi connectivity index (χ4n) is 1.73. The highest BCUT2D eigenvalue weighted by atomic mass is 127. The third-order valence-corrected chi connectivity index (χ3v) is 5.25. The Bertz CT molecular complexity index is 152. The van der Waals surface area contributed by atoms with Crippen LogP contribution in [0.5, 0.6) is 0 Å². The molecule has 0 spiro atoms. The summed E-state index contributed by atoms with van der Waals surface area (Å²) in [7, 11) is 5.73. The van der Waals surface area contributed by atoms with E-state index in [9.17, 15) is 0 Å². The highest BCUT2D eigenvalue weighted by molar-refractivity contribution is 6.37. The van der Waals surface area contributed by atoms with Crippen LogP contribution in [-0.2, 0) is 0 Å². The van der Waals surface area contributed by atoms with E-state index in [1.807, 2.05) is 0 Å². The third-order valence-electron chi connectivity index (χ3n) is 3.05. The minimum Gasteiger partial charge on any atom is -1.00 e. The Kier molecular flexibility index (Phi) is 13.8. The van der Waals surface area contributed by atoms with Crippen LogP contribution in [-0.4, -0.2) is 47.1 Å². The normalized spacial score (nSPS) is 11.6. The second kappa shape index (κ2) is 11.3. The van der Waals surface area contributed by atoms with Crippen molar-refractivity contribution in [1.82, 2.24) is 0 Å². The summed E-state index contributed by atoms with van der Waals surface area (Å²) in [6, 6.07) is 1.41. The Morgan fingerprint density at radius 3 is 2.12 bits per heavy atom. The van der Waals surface area contributed by atoms with Crippen LogP contribution in [0.1, 0.15) is 33.1 Å². The van der Waals surface area contributed by atoms with Crippen molar-refractivity contribution in [2.24, 2.45) is 0 Å². The van der Waals surface area contributed by atoms with E-state index in [1.165, 1.54) is 41.4 Å². The van der Waals surface area contributed by atoms with Gasteiger partial charge >= 0.3 is 0 Å². The van der Waals surface area contributed by atoms with Crippen LogP contribution in [0.25, 0.3) is 0 Å². The Morgan fingerprint density at radius 1 is 1.12 bits per heavy atom. The molecule has 0 aromatic rings. The largest absolute Gasteiger partial charge is 1.00 e. The van der Waals surface area contributed by atoms with E-state index in [4.69, 9.17) is 11.6 Å². The van der Waals surface area contributed by atoms with Crippen LogP contribution in [0.4, 0.5) is 0 Å². The SMILES string of the molecule is CCC(CC)[Si]CCC[N+](C)(C)CCCl.[I-]. The summed E-state index contributed by atoms with van der Waals surface area (Å²) in [4.78, 5) is 0. The van der Waals surface area contributed by atoms with Gasteiger partial charge in [-0.3, -0.25) is 0 Å². The maximum Gasteiger partial charge on any atom is 0.0920 e. The van der Waals surface area contributed by atoms with Crippen molar-refractivity contribution in [2.45, 2.75) is 44.7 Å². The molecule has 2 radical (unpaired) electrons. The van der Waals surface area contributed by atoms with E-state index in [0.717, 1.165) is 22.4 Å². The Morgan fingerprint density at radius 2 is 1.69 bits per heavy atom. The molecule has 0 aliphatic rings. The molecule has 4 heteroatoms. The zero-order valence-corrected chi connectivity index (χ0v) is 15.1. The quantitative estimate of drug-likeness (QED) is 0.180. The van der Waals surface area contributed by atoms with Crippen LogP contribution >= 0.6 is 11.6 Å². The van der Waals surface area contributed by atoms with Crippen molar-refractivity contribution < 1.29 is 28.5 Å². The Labute approximate surface area is 127 Å². The molecule has 0 unspecified atom stereocenters. The van der Waals surface area contributed by atoms with Gasteiger partial charge in [0, 0.05) is 9.52 Å². The zero-order valence-electron chi connectivity index (χ0n) is 11.2. The Balaban J connectivity index is 0. The van der Waals surface area contributed by atoms with Gasteiger partial charge in [-0.25, -0.2) is 0 Å². The summed E-state index contributed by atoms with van der Waals surface area (Å²) in [5.74, 6) is 0.780. The first kappa shape index (κ1) is 19.5. The molecule has 0 aromatic heterocycles. The van der Waals surface area contributed by atoms with Gasteiger partial charge in [0.1, 0.15) is 0 Å². The predicted octanol–water partition coefficient (Wildman–Crippen LogP) is 0.427. The molecule has 0 bridgehead atoms. The Hall–Kier alpha value is 1.20. The van der Waals surface area contributed by atoms with Crippen molar-refractivity contribution in [1.29, 1.82) is 0 Å². The first-order valence-electron chi connectivity index (χ1n) is 6.17. The lowest BCUT2D eigenvalue weighted by Crippen LogP contribution is -3.00. The van der Waals surface area contributed by atoms with Gasteiger partial charge < -0.3 is 28.5 Å². The standard InChI is InChI=1S/C12H27ClNSi.HI/c1-5-12(6-2)15-11-7-9-14(3,4)10-8-13;/h12H,5-11H2,1-4H3;1H/q+1;/p-1. The van der Waals surface area contributed by atoms with E-state index in [-0.39, 0.29) is 24.0 Å². The summed E-state index contributed by atoms with van der Waals surface area (Å²) < 4.78 is 1.08. The highest BCUT2D eigenvalue weighted by Crippen LogP contribution is 2.15. The lowest BCUT2D eigenvalue weighted by molar-refractivity contribution is -0.887. The van der Waals surface area contributed by atoms with Gasteiger partial charge in [-0.05, 0) is 12.0 Å². The van der Waals surface area contributed by atoms with Crippen LogP contribution in [0.2, 0.25) is 11.6 Å². The highest BCUT2D eigenvalue weighted by Gasteiger charge is 2.13. The fraction of sp³-hybridized carbons (Fsp3) is 1.00. The van der Waals surface area contributed by atoms with Gasteiger partial charge in [-0.1, -0.05) is 32.7 Å². The first-order chi connectivity index (χ1) is 7.05. The van der Waals surface area contributed by atoms with Gasteiger partial charge in [0.05, 0.1) is 33.1 Å². The monoisotopic (exact) mass is 375 g/mol. The second-order valence-corrected chi connectivity index (χ2v) is 7.00. The van der Waals surface area contributed by atoms with Crippen molar-refractivity contribution >= 4 is 21.1 Å². The molecular weight excluding hydrogens is 349 g/mol. The number of alkyl halides is 1. The van der Waals surface area contributed by atoms with Gasteiger partial charge in [-0.2, -0.15) is 0 Å². The van der Waals surface area contributed by atoms with Crippen molar-refractivity contribution in [3.05, 3.63) is 0 Å². The summed E-state index contributed by atoms with van der Waals surface area (Å²) in [5.41, 5.74) is 0.980. The van der Waals surface area contributed by atoms with Crippen LogP contribution < -0.4 is 24.0 Å². The van der Waals surface area contributed by atoms with E-state index in [0.29, 0.717) is 0 Å². The number of quaternary nitrogens is 1. The molecule has 0 saturated carbocycles. The van der Waals surface area contributed by atoms with E-state index in [2.05, 4.69) is 27.9 Å². The molecule has 0 aromatic carbocycles. The predicted molar refractivity (Wildman–Crippen MR) is 72.1 cm³/mol. The molecular formula is C12H27ClINSi. The van der Waals surface area contributed by atoms with Crippen molar-refractivity contribution in [2.75, 3.05) is 33.1 Å². The topological polar surface area (TPSA) is 0 Å². The average Bonchev–Trinajstić information content (AvgIpc) is 2.18. The van der Waals surface area contributed by atoms with Crippen LogP contribution in [0, 0.1) is 0 Å². The maximum absolute atomic E-state index is 5.78. The average molecular weight is 376 g/mol. The first-order valence-corrected chi connectivity index (χ1v) is 7.99. The van der Waals surface area contributed by atoms with Crippen molar-refractivity contribution in [3.63, 3.8) is 0 Å². The van der Waals surface area contributed by atoms with Gasteiger partial charge in [0.25, 0.3) is 0 Å². The zero-order chi connectivity index (χ0) is 11.7. The van der Waals surface area contributed by atoms with Gasteiger partial charge in [0.15, 0.2) is 0 Å². The number of rotatable bonds is 9. The number of hydrogen-bond donors (Lipinski definition) is 0. The van der Waals surface area contributed by atoms with Crippen molar-refractivity contribution in [3.8, 4) is 0 Å². The van der Waals surface area contributed by atoms with Crippen LogP contribution in [0.3, 0.4) is 0 Å². The summed E-state index contributed by atoms with van der Waals surface area (Å²) in [5, 5.41) is 0.